The molecule has 0 aliphatic carbocycles. The number of hydrogen-bond acceptors (Lipinski definition) is 4. The summed E-state index contributed by atoms with van der Waals surface area (Å²) in [5.41, 5.74) is -1.47. The van der Waals surface area contributed by atoms with Crippen LogP contribution in [0, 0.1) is 0 Å². The van der Waals surface area contributed by atoms with Crippen LogP contribution >= 0.6 is 0 Å². The highest BCUT2D eigenvalue weighted by molar-refractivity contribution is 5.99. The van der Waals surface area contributed by atoms with Gasteiger partial charge >= 0.3 is 5.97 Å². The maximum atomic E-state index is 12.0. The van der Waals surface area contributed by atoms with E-state index in [2.05, 4.69) is 0 Å². The lowest BCUT2D eigenvalue weighted by Crippen LogP contribution is -2.50. The number of carboxylic acid groups (broad SMARTS) is 1. The van der Waals surface area contributed by atoms with E-state index in [9.17, 15) is 14.7 Å². The van der Waals surface area contributed by atoms with Crippen LogP contribution in [0.4, 0.5) is 0 Å². The Bertz CT molecular complexity index is 495. The largest absolute Gasteiger partial charge is 0.508 e. The van der Waals surface area contributed by atoms with Gasteiger partial charge in [-0.05, 0) is 26.0 Å². The summed E-state index contributed by atoms with van der Waals surface area (Å²) < 4.78 is 0. The normalized spacial score (nSPS) is 11.1. The third-order valence-electron chi connectivity index (χ3n) is 2.88. The summed E-state index contributed by atoms with van der Waals surface area (Å²) in [7, 11) is 1.34. The van der Waals surface area contributed by atoms with Crippen LogP contribution in [0.2, 0.25) is 0 Å². The van der Waals surface area contributed by atoms with E-state index < -0.39 is 23.2 Å². The van der Waals surface area contributed by atoms with Crippen molar-refractivity contribution in [3.05, 3.63) is 23.8 Å². The molecule has 1 aromatic rings. The predicted molar refractivity (Wildman–Crippen MR) is 63.6 cm³/mol. The van der Waals surface area contributed by atoms with Crippen molar-refractivity contribution in [1.29, 1.82) is 0 Å². The van der Waals surface area contributed by atoms with E-state index in [1.165, 1.54) is 33.0 Å². The Hall–Kier alpha value is -2.24. The van der Waals surface area contributed by atoms with E-state index in [1.54, 1.807) is 0 Å². The van der Waals surface area contributed by atoms with Crippen molar-refractivity contribution in [2.75, 3.05) is 7.05 Å². The van der Waals surface area contributed by atoms with E-state index in [0.717, 1.165) is 11.0 Å². The van der Waals surface area contributed by atoms with Gasteiger partial charge in [-0.1, -0.05) is 0 Å². The smallest absolute Gasteiger partial charge is 0.329 e. The fraction of sp³-hybridized carbons (Fsp3) is 0.333. The van der Waals surface area contributed by atoms with Gasteiger partial charge in [-0.3, -0.25) is 4.79 Å². The van der Waals surface area contributed by atoms with Crippen molar-refractivity contribution in [2.24, 2.45) is 0 Å². The second kappa shape index (κ2) is 4.56. The molecule has 0 saturated carbocycles. The molecule has 0 atom stereocenters. The number of phenolic OH excluding ortho intramolecular Hbond substituents is 2. The zero-order valence-electron chi connectivity index (χ0n) is 10.3. The Balaban J connectivity index is 3.11. The molecule has 0 fully saturated rings. The van der Waals surface area contributed by atoms with Crippen molar-refractivity contribution in [3.63, 3.8) is 0 Å². The first-order chi connectivity index (χ1) is 8.17. The van der Waals surface area contributed by atoms with Crippen LogP contribution < -0.4 is 0 Å². The lowest BCUT2D eigenvalue weighted by molar-refractivity contribution is -0.147. The molecule has 0 spiro atoms. The van der Waals surface area contributed by atoms with Crippen molar-refractivity contribution >= 4 is 11.9 Å². The second-order valence-electron chi connectivity index (χ2n) is 4.43. The predicted octanol–water partition coefficient (Wildman–Crippen LogP) is 1.03. The number of carbonyl (C=O) groups excluding carboxylic acids is 1. The topological polar surface area (TPSA) is 98.1 Å². The molecule has 6 nitrogen and oxygen atoms in total. The lowest BCUT2D eigenvalue weighted by atomic mass is 10.0. The minimum Gasteiger partial charge on any atom is -0.508 e. The molecule has 0 aliphatic heterocycles. The third-order valence-corrected chi connectivity index (χ3v) is 2.88. The van der Waals surface area contributed by atoms with Gasteiger partial charge in [0, 0.05) is 13.1 Å². The van der Waals surface area contributed by atoms with Gasteiger partial charge in [-0.2, -0.15) is 0 Å². The van der Waals surface area contributed by atoms with Gasteiger partial charge in [0.1, 0.15) is 17.0 Å². The summed E-state index contributed by atoms with van der Waals surface area (Å²) >= 11 is 0. The summed E-state index contributed by atoms with van der Waals surface area (Å²) in [5.74, 6) is -2.37. The van der Waals surface area contributed by atoms with Crippen molar-refractivity contribution in [1.82, 2.24) is 4.90 Å². The minimum absolute atomic E-state index is 0.0652. The van der Waals surface area contributed by atoms with Crippen LogP contribution in [0.5, 0.6) is 11.5 Å². The summed E-state index contributed by atoms with van der Waals surface area (Å²) in [6.45, 7) is 2.76. The molecule has 0 aromatic heterocycles. The van der Waals surface area contributed by atoms with E-state index in [0.29, 0.717) is 0 Å². The number of amides is 1. The maximum absolute atomic E-state index is 12.0. The molecule has 0 saturated heterocycles. The highest BCUT2D eigenvalue weighted by Gasteiger charge is 2.36. The minimum atomic E-state index is -1.40. The van der Waals surface area contributed by atoms with E-state index in [1.807, 2.05) is 0 Å². The molecule has 0 unspecified atom stereocenters. The standard InChI is InChI=1S/C12H15NO5/c1-12(2,11(17)18)13(3)10(16)8-5-4-7(14)6-9(8)15/h4-6,14-15H,1-3H3,(H,17,18). The molecule has 0 bridgehead atoms. The number of nitrogens with zero attached hydrogens (tertiary/aromatic N) is 1. The number of hydrogen-bond donors (Lipinski definition) is 3. The first-order valence-electron chi connectivity index (χ1n) is 5.21. The van der Waals surface area contributed by atoms with Gasteiger partial charge in [0.15, 0.2) is 0 Å². The van der Waals surface area contributed by atoms with Crippen molar-refractivity contribution < 1.29 is 24.9 Å². The second-order valence-corrected chi connectivity index (χ2v) is 4.43. The quantitative estimate of drug-likeness (QED) is 0.747. The number of likely N-dealkylation sites (N-methyl/N-ethyl adjacent to an activating group) is 1. The zero-order valence-corrected chi connectivity index (χ0v) is 10.3. The van der Waals surface area contributed by atoms with Gasteiger partial charge < -0.3 is 20.2 Å². The molecular weight excluding hydrogens is 238 g/mol. The van der Waals surface area contributed by atoms with Crippen LogP contribution in [0.1, 0.15) is 24.2 Å². The number of benzene rings is 1. The van der Waals surface area contributed by atoms with Gasteiger partial charge in [0.25, 0.3) is 5.91 Å². The average molecular weight is 253 g/mol. The van der Waals surface area contributed by atoms with Crippen molar-refractivity contribution in [2.45, 2.75) is 19.4 Å². The highest BCUT2D eigenvalue weighted by Crippen LogP contribution is 2.25. The van der Waals surface area contributed by atoms with Gasteiger partial charge in [0.05, 0.1) is 5.56 Å². The summed E-state index contributed by atoms with van der Waals surface area (Å²) in [6, 6.07) is 3.50. The Morgan fingerprint density at radius 3 is 2.22 bits per heavy atom. The van der Waals surface area contributed by atoms with Gasteiger partial charge in [-0.25, -0.2) is 4.79 Å². The average Bonchev–Trinajstić information content (AvgIpc) is 2.26. The number of aliphatic carboxylic acids is 1. The number of aromatic hydroxyl groups is 2. The first-order valence-corrected chi connectivity index (χ1v) is 5.21. The Kier molecular flexibility index (Phi) is 3.50. The molecule has 0 aliphatic rings. The number of carboxylic acids is 1. The van der Waals surface area contributed by atoms with E-state index >= 15 is 0 Å². The monoisotopic (exact) mass is 253 g/mol. The SMILES string of the molecule is CN(C(=O)c1ccc(O)cc1O)C(C)(C)C(=O)O. The number of carbonyl (C=O) groups is 2. The number of rotatable bonds is 3. The number of phenols is 2. The maximum Gasteiger partial charge on any atom is 0.329 e. The summed E-state index contributed by atoms with van der Waals surface area (Å²) in [6.07, 6.45) is 0. The zero-order chi connectivity index (χ0) is 14.1. The van der Waals surface area contributed by atoms with Crippen LogP contribution in [0.3, 0.4) is 0 Å². The van der Waals surface area contributed by atoms with Gasteiger partial charge in [-0.15, -0.1) is 0 Å². The van der Waals surface area contributed by atoms with Crippen LogP contribution in [-0.2, 0) is 4.79 Å². The highest BCUT2D eigenvalue weighted by atomic mass is 16.4. The molecule has 1 amide bonds. The molecule has 0 radical (unpaired) electrons. The Morgan fingerprint density at radius 1 is 1.22 bits per heavy atom. The van der Waals surface area contributed by atoms with Crippen LogP contribution in [-0.4, -0.2) is 44.7 Å². The van der Waals surface area contributed by atoms with Crippen LogP contribution in [0.15, 0.2) is 18.2 Å². The summed E-state index contributed by atoms with van der Waals surface area (Å²) in [4.78, 5) is 24.1. The van der Waals surface area contributed by atoms with E-state index in [4.69, 9.17) is 10.2 Å². The molecule has 98 valence electrons. The third kappa shape index (κ3) is 2.37. The summed E-state index contributed by atoms with van der Waals surface area (Å²) in [5, 5.41) is 27.7. The Labute approximate surface area is 104 Å². The molecule has 18 heavy (non-hydrogen) atoms. The molecule has 1 aromatic carbocycles. The molecule has 3 N–H and O–H groups in total. The fourth-order valence-electron chi connectivity index (χ4n) is 1.28. The molecule has 6 heteroatoms. The first kappa shape index (κ1) is 13.8. The van der Waals surface area contributed by atoms with E-state index in [-0.39, 0.29) is 11.3 Å². The molecule has 1 rings (SSSR count). The van der Waals surface area contributed by atoms with Crippen LogP contribution in [0.25, 0.3) is 0 Å². The lowest BCUT2D eigenvalue weighted by Gasteiger charge is -2.31. The Morgan fingerprint density at radius 2 is 1.78 bits per heavy atom. The molecule has 0 heterocycles. The van der Waals surface area contributed by atoms with Gasteiger partial charge in [0.2, 0.25) is 0 Å². The molecular formula is C12H15NO5. The van der Waals surface area contributed by atoms with Crippen molar-refractivity contribution in [3.8, 4) is 11.5 Å². The fourth-order valence-corrected chi connectivity index (χ4v) is 1.28.